The third-order valence-corrected chi connectivity index (χ3v) is 3.72. The lowest BCUT2D eigenvalue weighted by Gasteiger charge is -2.09. The van der Waals surface area contributed by atoms with Gasteiger partial charge in [-0.25, -0.2) is 0 Å². The predicted octanol–water partition coefficient (Wildman–Crippen LogP) is 5.06. The summed E-state index contributed by atoms with van der Waals surface area (Å²) in [6.45, 7) is 2.59. The van der Waals surface area contributed by atoms with Crippen LogP contribution in [0, 0.1) is 0 Å². The van der Waals surface area contributed by atoms with Gasteiger partial charge in [-0.1, -0.05) is 30.3 Å². The third kappa shape index (κ3) is 5.11. The highest BCUT2D eigenvalue weighted by molar-refractivity contribution is 5.92. The van der Waals surface area contributed by atoms with Crippen LogP contribution in [0.1, 0.15) is 12.5 Å². The van der Waals surface area contributed by atoms with Crippen LogP contribution in [0.15, 0.2) is 78.9 Å². The summed E-state index contributed by atoms with van der Waals surface area (Å²) < 4.78 is 11.2. The molecule has 0 radical (unpaired) electrons. The van der Waals surface area contributed by atoms with E-state index in [0.717, 1.165) is 22.7 Å². The summed E-state index contributed by atoms with van der Waals surface area (Å²) in [4.78, 5) is 12.1. The summed E-state index contributed by atoms with van der Waals surface area (Å²) in [6.07, 6.45) is 0.352. The molecule has 4 heteroatoms. The Hall–Kier alpha value is -3.27. The van der Waals surface area contributed by atoms with E-state index in [4.69, 9.17) is 9.47 Å². The first kappa shape index (κ1) is 17.5. The zero-order valence-corrected chi connectivity index (χ0v) is 14.6. The fraction of sp³-hybridized carbons (Fsp3) is 0.136. The van der Waals surface area contributed by atoms with E-state index in [2.05, 4.69) is 5.32 Å². The van der Waals surface area contributed by atoms with Crippen molar-refractivity contribution in [3.05, 3.63) is 84.4 Å². The molecule has 0 spiro atoms. The molecular weight excluding hydrogens is 326 g/mol. The number of carbonyl (C=O) groups is 1. The Labute approximate surface area is 153 Å². The molecule has 0 atom stereocenters. The molecule has 3 aromatic carbocycles. The summed E-state index contributed by atoms with van der Waals surface area (Å²) in [5.74, 6) is 2.21. The van der Waals surface area contributed by atoms with E-state index in [1.807, 2.05) is 85.8 Å². The second-order valence-electron chi connectivity index (χ2n) is 5.74. The minimum atomic E-state index is -0.0450. The highest BCUT2D eigenvalue weighted by atomic mass is 16.5. The van der Waals surface area contributed by atoms with Crippen molar-refractivity contribution in [2.45, 2.75) is 13.3 Å². The minimum absolute atomic E-state index is 0.0450. The van der Waals surface area contributed by atoms with Crippen LogP contribution < -0.4 is 14.8 Å². The molecule has 0 unspecified atom stereocenters. The second-order valence-corrected chi connectivity index (χ2v) is 5.74. The summed E-state index contributed by atoms with van der Waals surface area (Å²) in [6, 6.07) is 24.4. The molecule has 1 amide bonds. The fourth-order valence-electron chi connectivity index (χ4n) is 2.50. The Kier molecular flexibility index (Phi) is 5.88. The Morgan fingerprint density at radius 2 is 1.38 bits per heavy atom. The lowest BCUT2D eigenvalue weighted by molar-refractivity contribution is -0.115. The lowest BCUT2D eigenvalue weighted by Crippen LogP contribution is -2.14. The fourth-order valence-corrected chi connectivity index (χ4v) is 2.50. The number of rotatable bonds is 7. The molecule has 0 aromatic heterocycles. The Balaban J connectivity index is 1.55. The van der Waals surface area contributed by atoms with Crippen molar-refractivity contribution in [3.63, 3.8) is 0 Å². The van der Waals surface area contributed by atoms with Crippen molar-refractivity contribution in [1.29, 1.82) is 0 Å². The Bertz CT molecular complexity index is 828. The van der Waals surface area contributed by atoms with Gasteiger partial charge in [0.1, 0.15) is 17.2 Å². The van der Waals surface area contributed by atoms with E-state index in [1.165, 1.54) is 0 Å². The van der Waals surface area contributed by atoms with Gasteiger partial charge in [0.15, 0.2) is 0 Å². The van der Waals surface area contributed by atoms with Gasteiger partial charge in [-0.3, -0.25) is 4.79 Å². The van der Waals surface area contributed by atoms with Gasteiger partial charge in [0.25, 0.3) is 0 Å². The SMILES string of the molecule is CCOc1ccc(Oc2ccc(NC(=O)Cc3ccccc3)cc2)cc1. The molecule has 0 saturated carbocycles. The van der Waals surface area contributed by atoms with E-state index in [-0.39, 0.29) is 5.91 Å². The highest BCUT2D eigenvalue weighted by Gasteiger charge is 2.04. The van der Waals surface area contributed by atoms with Gasteiger partial charge in [0.05, 0.1) is 13.0 Å². The summed E-state index contributed by atoms with van der Waals surface area (Å²) in [7, 11) is 0. The van der Waals surface area contributed by atoms with Crippen LogP contribution >= 0.6 is 0 Å². The predicted molar refractivity (Wildman–Crippen MR) is 103 cm³/mol. The Morgan fingerprint density at radius 3 is 2.00 bits per heavy atom. The minimum Gasteiger partial charge on any atom is -0.494 e. The van der Waals surface area contributed by atoms with Crippen LogP contribution in [-0.2, 0) is 11.2 Å². The van der Waals surface area contributed by atoms with Gasteiger partial charge in [0, 0.05) is 5.69 Å². The topological polar surface area (TPSA) is 47.6 Å². The van der Waals surface area contributed by atoms with E-state index in [9.17, 15) is 4.79 Å². The molecule has 0 saturated heterocycles. The number of amides is 1. The number of ether oxygens (including phenoxy) is 2. The van der Waals surface area contributed by atoms with Crippen molar-refractivity contribution in [2.75, 3.05) is 11.9 Å². The Morgan fingerprint density at radius 1 is 0.808 bits per heavy atom. The van der Waals surface area contributed by atoms with E-state index in [0.29, 0.717) is 18.8 Å². The molecule has 3 rings (SSSR count). The number of hydrogen-bond donors (Lipinski definition) is 1. The normalized spacial score (nSPS) is 10.2. The van der Waals surface area contributed by atoms with Crippen molar-refractivity contribution in [1.82, 2.24) is 0 Å². The first-order valence-corrected chi connectivity index (χ1v) is 8.57. The molecule has 132 valence electrons. The molecule has 0 bridgehead atoms. The van der Waals surface area contributed by atoms with Crippen LogP contribution in [0.25, 0.3) is 0 Å². The summed E-state index contributed by atoms with van der Waals surface area (Å²) in [5.41, 5.74) is 1.73. The molecule has 0 heterocycles. The molecule has 0 aliphatic heterocycles. The zero-order valence-electron chi connectivity index (χ0n) is 14.6. The second kappa shape index (κ2) is 8.72. The van der Waals surface area contributed by atoms with Crippen LogP contribution in [0.4, 0.5) is 5.69 Å². The summed E-state index contributed by atoms with van der Waals surface area (Å²) >= 11 is 0. The molecular formula is C22H21NO3. The molecule has 0 aliphatic carbocycles. The number of hydrogen-bond acceptors (Lipinski definition) is 3. The number of carbonyl (C=O) groups excluding carboxylic acids is 1. The lowest BCUT2D eigenvalue weighted by atomic mass is 10.1. The average molecular weight is 347 g/mol. The van der Waals surface area contributed by atoms with E-state index in [1.54, 1.807) is 0 Å². The van der Waals surface area contributed by atoms with Gasteiger partial charge >= 0.3 is 0 Å². The number of nitrogens with one attached hydrogen (secondary N) is 1. The monoisotopic (exact) mass is 347 g/mol. The molecule has 1 N–H and O–H groups in total. The zero-order chi connectivity index (χ0) is 18.2. The van der Waals surface area contributed by atoms with Crippen LogP contribution in [0.2, 0.25) is 0 Å². The first-order valence-electron chi connectivity index (χ1n) is 8.57. The molecule has 3 aromatic rings. The maximum atomic E-state index is 12.1. The highest BCUT2D eigenvalue weighted by Crippen LogP contribution is 2.25. The van der Waals surface area contributed by atoms with Crippen molar-refractivity contribution < 1.29 is 14.3 Å². The van der Waals surface area contributed by atoms with Crippen LogP contribution in [-0.4, -0.2) is 12.5 Å². The van der Waals surface area contributed by atoms with Gasteiger partial charge in [-0.15, -0.1) is 0 Å². The smallest absolute Gasteiger partial charge is 0.228 e. The van der Waals surface area contributed by atoms with Crippen molar-refractivity contribution in [3.8, 4) is 17.2 Å². The van der Waals surface area contributed by atoms with Gasteiger partial charge in [-0.2, -0.15) is 0 Å². The summed E-state index contributed by atoms with van der Waals surface area (Å²) in [5, 5.41) is 2.89. The van der Waals surface area contributed by atoms with Crippen LogP contribution in [0.5, 0.6) is 17.2 Å². The third-order valence-electron chi connectivity index (χ3n) is 3.72. The maximum Gasteiger partial charge on any atom is 0.228 e. The molecule has 0 aliphatic rings. The molecule has 4 nitrogen and oxygen atoms in total. The molecule has 26 heavy (non-hydrogen) atoms. The van der Waals surface area contributed by atoms with E-state index >= 15 is 0 Å². The van der Waals surface area contributed by atoms with Gasteiger partial charge < -0.3 is 14.8 Å². The maximum absolute atomic E-state index is 12.1. The number of benzene rings is 3. The average Bonchev–Trinajstić information content (AvgIpc) is 2.66. The first-order chi connectivity index (χ1) is 12.7. The van der Waals surface area contributed by atoms with Gasteiger partial charge in [0.2, 0.25) is 5.91 Å². The quantitative estimate of drug-likeness (QED) is 0.650. The molecule has 0 fully saturated rings. The van der Waals surface area contributed by atoms with Gasteiger partial charge in [-0.05, 0) is 61.0 Å². The number of anilines is 1. The van der Waals surface area contributed by atoms with Crippen molar-refractivity contribution in [2.24, 2.45) is 0 Å². The van der Waals surface area contributed by atoms with E-state index < -0.39 is 0 Å². The van der Waals surface area contributed by atoms with Crippen molar-refractivity contribution >= 4 is 11.6 Å². The largest absolute Gasteiger partial charge is 0.494 e. The van der Waals surface area contributed by atoms with Crippen LogP contribution in [0.3, 0.4) is 0 Å². The standard InChI is InChI=1S/C22H21NO3/c1-2-25-19-12-14-21(15-13-19)26-20-10-8-18(9-11-20)23-22(24)16-17-6-4-3-5-7-17/h3-15H,2,16H2,1H3,(H,23,24).